The quantitative estimate of drug-likeness (QED) is 0.754. The molecule has 0 bridgehead atoms. The van der Waals surface area contributed by atoms with Gasteiger partial charge >= 0.3 is 0 Å². The predicted octanol–water partition coefficient (Wildman–Crippen LogP) is 1.37. The number of hydrogen-bond donors (Lipinski definition) is 2. The van der Waals surface area contributed by atoms with Gasteiger partial charge in [-0.25, -0.2) is 0 Å². The number of nitrogens with two attached hydrogens (primary N) is 1. The van der Waals surface area contributed by atoms with E-state index in [0.29, 0.717) is 24.8 Å². The first-order chi connectivity index (χ1) is 8.58. The Bertz CT molecular complexity index is 248. The van der Waals surface area contributed by atoms with Crippen LogP contribution in [0.15, 0.2) is 0 Å². The standard InChI is InChI=1S/C14H28N2O2/c1-11(2)16(7-8-17)14(18)9-12-3-5-13(10-15)6-4-12/h11-13,17H,3-10,15H2,1-2H3. The molecule has 1 aliphatic carbocycles. The summed E-state index contributed by atoms with van der Waals surface area (Å²) in [4.78, 5) is 14.0. The molecule has 0 aromatic heterocycles. The van der Waals surface area contributed by atoms with E-state index in [9.17, 15) is 4.79 Å². The van der Waals surface area contributed by atoms with Crippen LogP contribution in [0.25, 0.3) is 0 Å². The molecule has 3 N–H and O–H groups in total. The number of hydrogen-bond acceptors (Lipinski definition) is 3. The van der Waals surface area contributed by atoms with Crippen LogP contribution in [-0.2, 0) is 4.79 Å². The molecule has 1 aliphatic rings. The number of rotatable bonds is 6. The maximum Gasteiger partial charge on any atom is 0.223 e. The van der Waals surface area contributed by atoms with Crippen LogP contribution in [0, 0.1) is 11.8 Å². The molecule has 0 saturated heterocycles. The molecule has 0 unspecified atom stereocenters. The topological polar surface area (TPSA) is 66.6 Å². The fourth-order valence-corrected chi connectivity index (χ4v) is 2.81. The van der Waals surface area contributed by atoms with E-state index in [1.54, 1.807) is 4.90 Å². The molecule has 18 heavy (non-hydrogen) atoms. The minimum atomic E-state index is 0.0455. The summed E-state index contributed by atoms with van der Waals surface area (Å²) in [5.41, 5.74) is 5.67. The summed E-state index contributed by atoms with van der Waals surface area (Å²) >= 11 is 0. The van der Waals surface area contributed by atoms with Gasteiger partial charge in [0.1, 0.15) is 0 Å². The first-order valence-electron chi connectivity index (χ1n) is 7.18. The minimum Gasteiger partial charge on any atom is -0.395 e. The second-order valence-electron chi connectivity index (χ2n) is 5.73. The number of nitrogens with zero attached hydrogens (tertiary/aromatic N) is 1. The second kappa shape index (κ2) is 7.74. The first kappa shape index (κ1) is 15.4. The highest BCUT2D eigenvalue weighted by molar-refractivity contribution is 5.76. The Hall–Kier alpha value is -0.610. The Labute approximate surface area is 111 Å². The van der Waals surface area contributed by atoms with Gasteiger partial charge in [0.2, 0.25) is 5.91 Å². The van der Waals surface area contributed by atoms with Crippen molar-refractivity contribution in [3.05, 3.63) is 0 Å². The number of aliphatic hydroxyl groups is 1. The predicted molar refractivity (Wildman–Crippen MR) is 73.1 cm³/mol. The van der Waals surface area contributed by atoms with Crippen molar-refractivity contribution in [1.29, 1.82) is 0 Å². The first-order valence-corrected chi connectivity index (χ1v) is 7.18. The van der Waals surface area contributed by atoms with Crippen LogP contribution < -0.4 is 5.73 Å². The molecule has 0 spiro atoms. The van der Waals surface area contributed by atoms with Gasteiger partial charge in [-0.05, 0) is 57.9 Å². The summed E-state index contributed by atoms with van der Waals surface area (Å²) < 4.78 is 0. The zero-order chi connectivity index (χ0) is 13.5. The van der Waals surface area contributed by atoms with E-state index in [1.807, 2.05) is 13.8 Å². The molecule has 1 amide bonds. The van der Waals surface area contributed by atoms with Gasteiger partial charge in [-0.15, -0.1) is 0 Å². The normalized spacial score (nSPS) is 24.3. The van der Waals surface area contributed by atoms with Gasteiger partial charge in [0.25, 0.3) is 0 Å². The molecule has 0 atom stereocenters. The van der Waals surface area contributed by atoms with Gasteiger partial charge in [0, 0.05) is 19.0 Å². The van der Waals surface area contributed by atoms with E-state index in [4.69, 9.17) is 10.8 Å². The molecule has 106 valence electrons. The van der Waals surface area contributed by atoms with Crippen LogP contribution >= 0.6 is 0 Å². The fourth-order valence-electron chi connectivity index (χ4n) is 2.81. The van der Waals surface area contributed by atoms with Crippen molar-refractivity contribution in [2.24, 2.45) is 17.6 Å². The Morgan fingerprint density at radius 3 is 2.28 bits per heavy atom. The summed E-state index contributed by atoms with van der Waals surface area (Å²) in [6.45, 7) is 5.28. The van der Waals surface area contributed by atoms with Crippen molar-refractivity contribution in [2.45, 2.75) is 52.0 Å². The summed E-state index contributed by atoms with van der Waals surface area (Å²) in [6, 6.07) is 0.171. The van der Waals surface area contributed by atoms with E-state index in [2.05, 4.69) is 0 Å². The number of carbonyl (C=O) groups excluding carboxylic acids is 1. The van der Waals surface area contributed by atoms with E-state index in [-0.39, 0.29) is 18.6 Å². The third kappa shape index (κ3) is 4.58. The Kier molecular flexibility index (Phi) is 6.65. The van der Waals surface area contributed by atoms with Gasteiger partial charge in [0.05, 0.1) is 6.61 Å². The third-order valence-electron chi connectivity index (χ3n) is 4.05. The summed E-state index contributed by atoms with van der Waals surface area (Å²) in [6.07, 6.45) is 5.21. The largest absolute Gasteiger partial charge is 0.395 e. The van der Waals surface area contributed by atoms with Gasteiger partial charge in [-0.3, -0.25) is 4.79 Å². The van der Waals surface area contributed by atoms with Gasteiger partial charge in [-0.1, -0.05) is 0 Å². The van der Waals surface area contributed by atoms with E-state index in [1.165, 1.54) is 0 Å². The maximum atomic E-state index is 12.2. The van der Waals surface area contributed by atoms with Gasteiger partial charge in [-0.2, -0.15) is 0 Å². The Morgan fingerprint density at radius 1 is 1.28 bits per heavy atom. The minimum absolute atomic E-state index is 0.0455. The summed E-state index contributed by atoms with van der Waals surface area (Å²) in [5, 5.41) is 9.00. The number of carbonyl (C=O) groups is 1. The van der Waals surface area contributed by atoms with Gasteiger partial charge in [0.15, 0.2) is 0 Å². The maximum absolute atomic E-state index is 12.2. The van der Waals surface area contributed by atoms with Crippen LogP contribution in [0.1, 0.15) is 46.0 Å². The Balaban J connectivity index is 2.39. The zero-order valence-corrected chi connectivity index (χ0v) is 11.8. The molecule has 0 aliphatic heterocycles. The lowest BCUT2D eigenvalue weighted by Crippen LogP contribution is -2.40. The molecule has 0 radical (unpaired) electrons. The van der Waals surface area contributed by atoms with E-state index in [0.717, 1.165) is 32.2 Å². The summed E-state index contributed by atoms with van der Waals surface area (Å²) in [7, 11) is 0. The smallest absolute Gasteiger partial charge is 0.223 e. The van der Waals surface area contributed by atoms with Crippen molar-refractivity contribution >= 4 is 5.91 Å². The number of aliphatic hydroxyl groups excluding tert-OH is 1. The van der Waals surface area contributed by atoms with Gasteiger partial charge < -0.3 is 15.7 Å². The van der Waals surface area contributed by atoms with Crippen molar-refractivity contribution < 1.29 is 9.90 Å². The van der Waals surface area contributed by atoms with Crippen molar-refractivity contribution in [2.75, 3.05) is 19.7 Å². The van der Waals surface area contributed by atoms with Crippen molar-refractivity contribution in [1.82, 2.24) is 4.90 Å². The molecule has 0 aromatic carbocycles. The van der Waals surface area contributed by atoms with Crippen molar-refractivity contribution in [3.63, 3.8) is 0 Å². The van der Waals surface area contributed by atoms with Crippen LogP contribution in [0.2, 0.25) is 0 Å². The molecular weight excluding hydrogens is 228 g/mol. The SMILES string of the molecule is CC(C)N(CCO)C(=O)CC1CCC(CN)CC1. The monoisotopic (exact) mass is 256 g/mol. The molecular formula is C14H28N2O2. The highest BCUT2D eigenvalue weighted by atomic mass is 16.3. The highest BCUT2D eigenvalue weighted by Crippen LogP contribution is 2.30. The second-order valence-corrected chi connectivity index (χ2v) is 5.73. The third-order valence-corrected chi connectivity index (χ3v) is 4.05. The Morgan fingerprint density at radius 2 is 1.83 bits per heavy atom. The van der Waals surface area contributed by atoms with Crippen LogP contribution in [0.5, 0.6) is 0 Å². The van der Waals surface area contributed by atoms with Crippen LogP contribution in [-0.4, -0.2) is 41.7 Å². The molecule has 4 heteroatoms. The lowest BCUT2D eigenvalue weighted by Gasteiger charge is -2.31. The lowest BCUT2D eigenvalue weighted by molar-refractivity contribution is -0.134. The number of amides is 1. The van der Waals surface area contributed by atoms with Crippen LogP contribution in [0.3, 0.4) is 0 Å². The molecule has 1 saturated carbocycles. The highest BCUT2D eigenvalue weighted by Gasteiger charge is 2.25. The lowest BCUT2D eigenvalue weighted by atomic mass is 9.80. The van der Waals surface area contributed by atoms with Crippen molar-refractivity contribution in [3.8, 4) is 0 Å². The molecule has 0 heterocycles. The van der Waals surface area contributed by atoms with E-state index >= 15 is 0 Å². The molecule has 4 nitrogen and oxygen atoms in total. The average molecular weight is 256 g/mol. The summed E-state index contributed by atoms with van der Waals surface area (Å²) in [5.74, 6) is 1.37. The molecule has 1 fully saturated rings. The molecule has 0 aromatic rings. The molecule has 1 rings (SSSR count). The van der Waals surface area contributed by atoms with Crippen LogP contribution in [0.4, 0.5) is 0 Å². The zero-order valence-electron chi connectivity index (χ0n) is 11.8. The fraction of sp³-hybridized carbons (Fsp3) is 0.929. The van der Waals surface area contributed by atoms with E-state index < -0.39 is 0 Å². The average Bonchev–Trinajstić information content (AvgIpc) is 2.36.